The molecule has 2 aromatic heterocycles. The molecule has 8 heteroatoms. The highest BCUT2D eigenvalue weighted by Crippen LogP contribution is 2.46. The van der Waals surface area contributed by atoms with Gasteiger partial charge in [-0.05, 0) is 49.5 Å². The molecule has 2 fully saturated rings. The van der Waals surface area contributed by atoms with Crippen molar-refractivity contribution in [2.45, 2.75) is 18.4 Å². The van der Waals surface area contributed by atoms with Gasteiger partial charge in [-0.25, -0.2) is 4.98 Å². The zero-order valence-electron chi connectivity index (χ0n) is 17.4. The molecule has 0 amide bonds. The maximum atomic E-state index is 5.76. The van der Waals surface area contributed by atoms with Crippen molar-refractivity contribution in [3.05, 3.63) is 54.1 Å². The minimum absolute atomic E-state index is 0.0463. The van der Waals surface area contributed by atoms with Crippen LogP contribution in [0.15, 0.2) is 52.9 Å². The van der Waals surface area contributed by atoms with Crippen molar-refractivity contribution < 1.29 is 4.74 Å². The smallest absolute Gasteiger partial charge is 0.130 e. The Labute approximate surface area is 176 Å². The molecule has 4 N–H and O–H groups in total. The maximum Gasteiger partial charge on any atom is 0.130 e. The summed E-state index contributed by atoms with van der Waals surface area (Å²) < 4.78 is 5.76. The lowest BCUT2D eigenvalue weighted by molar-refractivity contribution is 0.0860. The van der Waals surface area contributed by atoms with Crippen molar-refractivity contribution in [1.82, 2.24) is 9.97 Å². The first-order chi connectivity index (χ1) is 14.7. The summed E-state index contributed by atoms with van der Waals surface area (Å²) in [5.74, 6) is 0.895. The third kappa shape index (κ3) is 3.43. The molecule has 0 radical (unpaired) electrons. The molecule has 1 saturated carbocycles. The lowest BCUT2D eigenvalue weighted by Crippen LogP contribution is -2.48. The summed E-state index contributed by atoms with van der Waals surface area (Å²) in [6.45, 7) is 2.22. The molecular weight excluding hydrogens is 378 g/mol. The maximum absolute atomic E-state index is 5.76. The van der Waals surface area contributed by atoms with Gasteiger partial charge in [-0.2, -0.15) is 0 Å². The minimum Gasteiger partial charge on any atom is -0.405 e. The molecule has 8 nitrogen and oxygen atoms in total. The van der Waals surface area contributed by atoms with Gasteiger partial charge in [0.1, 0.15) is 17.0 Å². The van der Waals surface area contributed by atoms with Gasteiger partial charge in [-0.1, -0.05) is 0 Å². The summed E-state index contributed by atoms with van der Waals surface area (Å²) in [5, 5.41) is 0.937. The van der Waals surface area contributed by atoms with Crippen LogP contribution in [0.4, 0.5) is 5.82 Å². The third-order valence-corrected chi connectivity index (χ3v) is 5.73. The van der Waals surface area contributed by atoms with E-state index in [1.807, 2.05) is 6.07 Å². The molecule has 4 rings (SSSR count). The average Bonchev–Trinajstić information content (AvgIpc) is 3.54. The molecule has 1 saturated heterocycles. The van der Waals surface area contributed by atoms with Gasteiger partial charge in [0, 0.05) is 37.8 Å². The van der Waals surface area contributed by atoms with E-state index in [4.69, 9.17) is 21.2 Å². The molecule has 0 aromatic carbocycles. The standard InChI is InChI=1S/C22H27N7O/c1-25-17(3-8-23)16-13-19(29-11-12-30-14-22(29)6-7-22)28-20-15(16)5-10-27-21(20)18(26-2)4-9-24/h3-5,8-10,13H,6-7,11-12,14,23-24H2,1-2H3/b8-3-,9-4?,25-17?,26-18?. The van der Waals surface area contributed by atoms with Gasteiger partial charge in [0.05, 0.1) is 30.2 Å². The second-order valence-electron chi connectivity index (χ2n) is 7.45. The van der Waals surface area contributed by atoms with Crippen molar-refractivity contribution in [1.29, 1.82) is 0 Å². The Hall–Kier alpha value is -3.26. The summed E-state index contributed by atoms with van der Waals surface area (Å²) in [6, 6.07) is 4.05. The van der Waals surface area contributed by atoms with E-state index in [1.165, 1.54) is 12.4 Å². The predicted octanol–water partition coefficient (Wildman–Crippen LogP) is 1.78. The lowest BCUT2D eigenvalue weighted by atomic mass is 10.0. The Balaban J connectivity index is 1.99. The van der Waals surface area contributed by atoms with Crippen LogP contribution in [0, 0.1) is 0 Å². The number of hydrogen-bond acceptors (Lipinski definition) is 8. The molecular formula is C22H27N7O. The molecule has 0 bridgehead atoms. The van der Waals surface area contributed by atoms with Crippen molar-refractivity contribution in [3.63, 3.8) is 0 Å². The molecule has 2 aliphatic rings. The van der Waals surface area contributed by atoms with Crippen LogP contribution in [0.3, 0.4) is 0 Å². The first-order valence-electron chi connectivity index (χ1n) is 10.0. The normalized spacial score (nSPS) is 19.5. The van der Waals surface area contributed by atoms with Crippen LogP contribution in [0.5, 0.6) is 0 Å². The number of nitrogens with zero attached hydrogens (tertiary/aromatic N) is 5. The Morgan fingerprint density at radius 1 is 1.17 bits per heavy atom. The van der Waals surface area contributed by atoms with Crippen LogP contribution in [0.2, 0.25) is 0 Å². The largest absolute Gasteiger partial charge is 0.405 e. The van der Waals surface area contributed by atoms with Gasteiger partial charge < -0.3 is 21.1 Å². The van der Waals surface area contributed by atoms with Crippen molar-refractivity contribution in [2.75, 3.05) is 38.8 Å². The molecule has 0 unspecified atom stereocenters. The summed E-state index contributed by atoms with van der Waals surface area (Å²) in [5.41, 5.74) is 15.2. The van der Waals surface area contributed by atoms with E-state index in [9.17, 15) is 0 Å². The summed E-state index contributed by atoms with van der Waals surface area (Å²) in [7, 11) is 3.48. The van der Waals surface area contributed by atoms with E-state index in [0.717, 1.165) is 54.0 Å². The molecule has 2 aromatic rings. The fraction of sp³-hybridized carbons (Fsp3) is 0.364. The SMILES string of the molecule is CN=C(/C=C\N)c1cc(N2CCOCC23CC3)nc2c(C(C=CN)=NC)nccc12. The van der Waals surface area contributed by atoms with Gasteiger partial charge in [0.2, 0.25) is 0 Å². The number of aliphatic imine (C=N–C) groups is 2. The monoisotopic (exact) mass is 405 g/mol. The number of allylic oxidation sites excluding steroid dienone is 2. The molecule has 1 aliphatic heterocycles. The van der Waals surface area contributed by atoms with Crippen molar-refractivity contribution in [3.8, 4) is 0 Å². The van der Waals surface area contributed by atoms with E-state index in [-0.39, 0.29) is 5.54 Å². The highest BCUT2D eigenvalue weighted by Gasteiger charge is 2.50. The Kier molecular flexibility index (Phi) is 5.50. The Bertz CT molecular complexity index is 1070. The number of aromatic nitrogens is 2. The summed E-state index contributed by atoms with van der Waals surface area (Å²) in [4.78, 5) is 20.8. The van der Waals surface area contributed by atoms with Crippen LogP contribution in [-0.2, 0) is 4.74 Å². The minimum atomic E-state index is 0.0463. The van der Waals surface area contributed by atoms with Gasteiger partial charge >= 0.3 is 0 Å². The Morgan fingerprint density at radius 2 is 1.90 bits per heavy atom. The van der Waals surface area contributed by atoms with E-state index >= 15 is 0 Å². The van der Waals surface area contributed by atoms with Gasteiger partial charge in [0.25, 0.3) is 0 Å². The highest BCUT2D eigenvalue weighted by molar-refractivity contribution is 6.20. The van der Waals surface area contributed by atoms with E-state index in [2.05, 4.69) is 25.9 Å². The number of fused-ring (bicyclic) bond motifs is 1. The van der Waals surface area contributed by atoms with E-state index < -0.39 is 0 Å². The van der Waals surface area contributed by atoms with Crippen molar-refractivity contribution >= 4 is 28.1 Å². The summed E-state index contributed by atoms with van der Waals surface area (Å²) >= 11 is 0. The number of pyridine rings is 2. The zero-order valence-corrected chi connectivity index (χ0v) is 17.4. The van der Waals surface area contributed by atoms with Crippen molar-refractivity contribution in [2.24, 2.45) is 21.5 Å². The Morgan fingerprint density at radius 3 is 2.57 bits per heavy atom. The predicted molar refractivity (Wildman–Crippen MR) is 121 cm³/mol. The summed E-state index contributed by atoms with van der Waals surface area (Å²) in [6.07, 6.45) is 10.5. The van der Waals surface area contributed by atoms with Crippen LogP contribution in [0.25, 0.3) is 10.9 Å². The van der Waals surface area contributed by atoms with Gasteiger partial charge in [-0.3, -0.25) is 15.0 Å². The first-order valence-corrected chi connectivity index (χ1v) is 10.0. The quantitative estimate of drug-likeness (QED) is 0.733. The van der Waals surface area contributed by atoms with E-state index in [0.29, 0.717) is 18.0 Å². The number of hydrogen-bond donors (Lipinski definition) is 2. The molecule has 156 valence electrons. The van der Waals surface area contributed by atoms with Crippen LogP contribution >= 0.6 is 0 Å². The second-order valence-corrected chi connectivity index (χ2v) is 7.45. The molecule has 30 heavy (non-hydrogen) atoms. The average molecular weight is 406 g/mol. The second kappa shape index (κ2) is 8.23. The molecule has 3 heterocycles. The fourth-order valence-electron chi connectivity index (χ4n) is 4.05. The zero-order chi connectivity index (χ0) is 21.1. The molecule has 0 atom stereocenters. The van der Waals surface area contributed by atoms with Crippen LogP contribution in [0.1, 0.15) is 24.1 Å². The first kappa shape index (κ1) is 20.0. The number of ether oxygens (including phenoxy) is 1. The van der Waals surface area contributed by atoms with Gasteiger partial charge in [-0.15, -0.1) is 0 Å². The fourth-order valence-corrected chi connectivity index (χ4v) is 4.05. The number of nitrogens with two attached hydrogens (primary N) is 2. The van der Waals surface area contributed by atoms with Crippen LogP contribution < -0.4 is 16.4 Å². The third-order valence-electron chi connectivity index (χ3n) is 5.73. The number of morpholine rings is 1. The van der Waals surface area contributed by atoms with E-state index in [1.54, 1.807) is 32.4 Å². The lowest BCUT2D eigenvalue weighted by Gasteiger charge is -2.37. The highest BCUT2D eigenvalue weighted by atomic mass is 16.5. The number of rotatable bonds is 5. The van der Waals surface area contributed by atoms with Gasteiger partial charge in [0.15, 0.2) is 0 Å². The molecule has 1 spiro atoms. The number of anilines is 1. The van der Waals surface area contributed by atoms with Crippen LogP contribution in [-0.4, -0.2) is 60.8 Å². The topological polar surface area (TPSA) is 115 Å². The molecule has 1 aliphatic carbocycles.